The fourth-order valence-corrected chi connectivity index (χ4v) is 0.816. The molecule has 0 fully saturated rings. The van der Waals surface area contributed by atoms with Gasteiger partial charge in [0, 0.05) is 5.56 Å². The quantitative estimate of drug-likeness (QED) is 0.661. The van der Waals surface area contributed by atoms with Gasteiger partial charge in [-0.25, -0.2) is 0 Å². The van der Waals surface area contributed by atoms with Gasteiger partial charge in [0.1, 0.15) is 0 Å². The van der Waals surface area contributed by atoms with Gasteiger partial charge in [0.15, 0.2) is 0 Å². The van der Waals surface area contributed by atoms with Crippen molar-refractivity contribution in [1.29, 1.82) is 0 Å². The van der Waals surface area contributed by atoms with Gasteiger partial charge in [-0.2, -0.15) is 0 Å². The van der Waals surface area contributed by atoms with E-state index in [1.54, 1.807) is 24.3 Å². The number of aliphatic hydroxyl groups excluding tert-OH is 2. The van der Waals surface area contributed by atoms with Gasteiger partial charge in [0.25, 0.3) is 0 Å². The molecule has 1 aromatic rings. The Bertz CT molecular complexity index is 277. The summed E-state index contributed by atoms with van der Waals surface area (Å²) in [7, 11) is 1.29. The van der Waals surface area contributed by atoms with Gasteiger partial charge in [-0.05, 0) is 0 Å². The minimum atomic E-state index is -0.471. The summed E-state index contributed by atoms with van der Waals surface area (Å²) in [6, 6.07) is 8.68. The zero-order valence-electron chi connectivity index (χ0n) is 6.69. The molecule has 0 saturated heterocycles. The second-order valence-electron chi connectivity index (χ2n) is 2.22. The van der Waals surface area contributed by atoms with E-state index in [2.05, 4.69) is 4.74 Å². The van der Waals surface area contributed by atoms with Gasteiger partial charge >= 0.3 is 5.95 Å². The Morgan fingerprint density at radius 2 is 1.75 bits per heavy atom. The summed E-state index contributed by atoms with van der Waals surface area (Å²) in [5, 5.41) is 18.3. The van der Waals surface area contributed by atoms with Crippen LogP contribution in [0.25, 0.3) is 5.76 Å². The molecule has 1 rings (SSSR count). The number of aliphatic hydroxyl groups is 2. The first-order valence-electron chi connectivity index (χ1n) is 3.47. The van der Waals surface area contributed by atoms with Gasteiger partial charge in [0.2, 0.25) is 5.76 Å². The molecule has 0 aliphatic rings. The lowest BCUT2D eigenvalue weighted by atomic mass is 10.2. The zero-order valence-corrected chi connectivity index (χ0v) is 6.69. The average molecular weight is 166 g/mol. The molecule has 0 amide bonds. The van der Waals surface area contributed by atoms with Crippen molar-refractivity contribution in [2.75, 3.05) is 7.11 Å². The molecule has 64 valence electrons. The second kappa shape index (κ2) is 3.67. The Morgan fingerprint density at radius 3 is 2.25 bits per heavy atom. The van der Waals surface area contributed by atoms with E-state index >= 15 is 0 Å². The Kier molecular flexibility index (Phi) is 2.58. The Hall–Kier alpha value is -1.64. The van der Waals surface area contributed by atoms with Crippen molar-refractivity contribution in [1.82, 2.24) is 0 Å². The summed E-state index contributed by atoms with van der Waals surface area (Å²) in [5.74, 6) is -0.723. The summed E-state index contributed by atoms with van der Waals surface area (Å²) in [4.78, 5) is 0. The lowest BCUT2D eigenvalue weighted by molar-refractivity contribution is 0.129. The largest absolute Gasteiger partial charge is 0.502 e. The van der Waals surface area contributed by atoms with Crippen LogP contribution in [0.15, 0.2) is 36.3 Å². The molecule has 1 aromatic carbocycles. The maximum Gasteiger partial charge on any atom is 0.321 e. The number of methoxy groups -OCH3 is 1. The highest BCUT2D eigenvalue weighted by molar-refractivity contribution is 5.58. The van der Waals surface area contributed by atoms with Crippen LogP contribution in [-0.4, -0.2) is 17.3 Å². The number of rotatable bonds is 2. The van der Waals surface area contributed by atoms with Gasteiger partial charge in [0.05, 0.1) is 7.11 Å². The molecule has 0 radical (unpaired) electrons. The highest BCUT2D eigenvalue weighted by Crippen LogP contribution is 2.13. The number of hydrogen-bond acceptors (Lipinski definition) is 3. The van der Waals surface area contributed by atoms with Gasteiger partial charge in [-0.1, -0.05) is 30.3 Å². The molecule has 0 saturated carbocycles. The molecule has 0 spiro atoms. The summed E-state index contributed by atoms with van der Waals surface area (Å²) in [5.41, 5.74) is 0.525. The second-order valence-corrected chi connectivity index (χ2v) is 2.22. The molecule has 0 unspecified atom stereocenters. The van der Waals surface area contributed by atoms with E-state index < -0.39 is 5.95 Å². The highest BCUT2D eigenvalue weighted by Gasteiger charge is 2.05. The van der Waals surface area contributed by atoms with Crippen LogP contribution in [-0.2, 0) is 4.74 Å². The minimum Gasteiger partial charge on any atom is -0.502 e. The van der Waals surface area contributed by atoms with Gasteiger partial charge in [-0.3, -0.25) is 0 Å². The van der Waals surface area contributed by atoms with E-state index in [0.717, 1.165) is 0 Å². The third-order valence-electron chi connectivity index (χ3n) is 1.44. The van der Waals surface area contributed by atoms with Crippen LogP contribution in [0.4, 0.5) is 0 Å². The molecule has 3 nitrogen and oxygen atoms in total. The SMILES string of the molecule is CO/C(O)=C(/O)c1ccccc1. The first-order chi connectivity index (χ1) is 5.75. The van der Waals surface area contributed by atoms with E-state index in [4.69, 9.17) is 5.11 Å². The van der Waals surface area contributed by atoms with E-state index in [1.807, 2.05) is 6.07 Å². The highest BCUT2D eigenvalue weighted by atomic mass is 16.6. The smallest absolute Gasteiger partial charge is 0.321 e. The molecule has 0 atom stereocenters. The van der Waals surface area contributed by atoms with Gasteiger partial charge < -0.3 is 14.9 Å². The minimum absolute atomic E-state index is 0.252. The molecular weight excluding hydrogens is 156 g/mol. The van der Waals surface area contributed by atoms with Crippen molar-refractivity contribution >= 4 is 5.76 Å². The summed E-state index contributed by atoms with van der Waals surface area (Å²) < 4.78 is 4.45. The number of benzene rings is 1. The van der Waals surface area contributed by atoms with Crippen molar-refractivity contribution in [3.05, 3.63) is 41.8 Å². The standard InChI is InChI=1S/C9H10O3/c1-12-9(11)8(10)7-5-3-2-4-6-7/h2-6,10-11H,1H3/b9-8+. The Balaban J connectivity index is 3.00. The molecule has 0 bridgehead atoms. The third kappa shape index (κ3) is 1.69. The van der Waals surface area contributed by atoms with E-state index in [0.29, 0.717) is 5.56 Å². The maximum absolute atomic E-state index is 9.29. The molecule has 3 heteroatoms. The fourth-order valence-electron chi connectivity index (χ4n) is 0.816. The number of hydrogen-bond donors (Lipinski definition) is 2. The lowest BCUT2D eigenvalue weighted by Gasteiger charge is -2.01. The van der Waals surface area contributed by atoms with E-state index in [-0.39, 0.29) is 5.76 Å². The summed E-state index contributed by atoms with van der Waals surface area (Å²) in [6.45, 7) is 0. The molecular formula is C9H10O3. The molecule has 2 N–H and O–H groups in total. The molecule has 0 heterocycles. The van der Waals surface area contributed by atoms with Crippen LogP contribution >= 0.6 is 0 Å². The van der Waals surface area contributed by atoms with Crippen LogP contribution in [0.2, 0.25) is 0 Å². The lowest BCUT2D eigenvalue weighted by Crippen LogP contribution is -1.92. The summed E-state index contributed by atoms with van der Waals surface area (Å²) >= 11 is 0. The van der Waals surface area contributed by atoms with Crippen molar-refractivity contribution in [2.24, 2.45) is 0 Å². The topological polar surface area (TPSA) is 49.7 Å². The van der Waals surface area contributed by atoms with Crippen molar-refractivity contribution < 1.29 is 14.9 Å². The Labute approximate surface area is 70.5 Å². The predicted octanol–water partition coefficient (Wildman–Crippen LogP) is 2.08. The van der Waals surface area contributed by atoms with Crippen molar-refractivity contribution in [3.63, 3.8) is 0 Å². The molecule has 0 aromatic heterocycles. The van der Waals surface area contributed by atoms with Crippen LogP contribution in [0.3, 0.4) is 0 Å². The normalized spacial score (nSPS) is 12.1. The third-order valence-corrected chi connectivity index (χ3v) is 1.44. The summed E-state index contributed by atoms with van der Waals surface area (Å²) in [6.07, 6.45) is 0. The fraction of sp³-hybridized carbons (Fsp3) is 0.111. The van der Waals surface area contributed by atoms with Crippen LogP contribution in [0, 0.1) is 0 Å². The van der Waals surface area contributed by atoms with Crippen molar-refractivity contribution in [2.45, 2.75) is 0 Å². The molecule has 12 heavy (non-hydrogen) atoms. The van der Waals surface area contributed by atoms with Gasteiger partial charge in [-0.15, -0.1) is 0 Å². The first kappa shape index (κ1) is 8.46. The molecule has 0 aliphatic heterocycles. The van der Waals surface area contributed by atoms with E-state index in [9.17, 15) is 5.11 Å². The maximum atomic E-state index is 9.29. The number of ether oxygens (including phenoxy) is 1. The average Bonchev–Trinajstić information content (AvgIpc) is 2.17. The monoisotopic (exact) mass is 166 g/mol. The van der Waals surface area contributed by atoms with Crippen LogP contribution < -0.4 is 0 Å². The van der Waals surface area contributed by atoms with E-state index in [1.165, 1.54) is 7.11 Å². The zero-order chi connectivity index (χ0) is 8.97. The Morgan fingerprint density at radius 1 is 1.17 bits per heavy atom. The van der Waals surface area contributed by atoms with Crippen molar-refractivity contribution in [3.8, 4) is 0 Å². The molecule has 0 aliphatic carbocycles. The predicted molar refractivity (Wildman–Crippen MR) is 45.6 cm³/mol. The first-order valence-corrected chi connectivity index (χ1v) is 3.47. The van der Waals surface area contributed by atoms with Crippen LogP contribution in [0.5, 0.6) is 0 Å². The van der Waals surface area contributed by atoms with Crippen LogP contribution in [0.1, 0.15) is 5.56 Å².